The van der Waals surface area contributed by atoms with Crippen LogP contribution in [0.2, 0.25) is 10.0 Å². The zero-order valence-corrected chi connectivity index (χ0v) is 11.6. The summed E-state index contributed by atoms with van der Waals surface area (Å²) in [5.74, 6) is 0. The SMILES string of the molecule is CC(C)OCCC(O)Cc1c(Cl)cccc1Cl. The van der Waals surface area contributed by atoms with Crippen molar-refractivity contribution in [3.8, 4) is 0 Å². The van der Waals surface area contributed by atoms with E-state index in [2.05, 4.69) is 0 Å². The fourth-order valence-electron chi connectivity index (χ4n) is 1.50. The second kappa shape index (κ2) is 7.22. The highest BCUT2D eigenvalue weighted by Gasteiger charge is 2.11. The van der Waals surface area contributed by atoms with Gasteiger partial charge < -0.3 is 9.84 Å². The summed E-state index contributed by atoms with van der Waals surface area (Å²) >= 11 is 12.1. The number of aliphatic hydroxyl groups is 1. The van der Waals surface area contributed by atoms with E-state index in [0.29, 0.717) is 29.5 Å². The molecule has 17 heavy (non-hydrogen) atoms. The lowest BCUT2D eigenvalue weighted by Gasteiger charge is -2.14. The highest BCUT2D eigenvalue weighted by Crippen LogP contribution is 2.25. The van der Waals surface area contributed by atoms with Gasteiger partial charge in [0.25, 0.3) is 0 Å². The molecule has 0 amide bonds. The predicted molar refractivity (Wildman–Crippen MR) is 71.9 cm³/mol. The summed E-state index contributed by atoms with van der Waals surface area (Å²) < 4.78 is 5.38. The summed E-state index contributed by atoms with van der Waals surface area (Å²) in [6.07, 6.45) is 0.747. The van der Waals surface area contributed by atoms with Crippen LogP contribution in [0.5, 0.6) is 0 Å². The molecule has 0 aliphatic heterocycles. The lowest BCUT2D eigenvalue weighted by atomic mass is 10.1. The number of rotatable bonds is 6. The Balaban J connectivity index is 2.47. The molecule has 0 aliphatic carbocycles. The van der Waals surface area contributed by atoms with E-state index in [4.69, 9.17) is 27.9 Å². The standard InChI is InChI=1S/C13H18Cl2O2/c1-9(2)17-7-6-10(16)8-11-12(14)4-3-5-13(11)15/h3-5,9-10,16H,6-8H2,1-2H3. The lowest BCUT2D eigenvalue weighted by molar-refractivity contribution is 0.0470. The van der Waals surface area contributed by atoms with Crippen molar-refractivity contribution in [1.29, 1.82) is 0 Å². The third-order valence-electron chi connectivity index (χ3n) is 2.40. The lowest BCUT2D eigenvalue weighted by Crippen LogP contribution is -2.16. The Labute approximate surface area is 113 Å². The molecule has 0 aliphatic rings. The van der Waals surface area contributed by atoms with Crippen molar-refractivity contribution in [2.45, 2.75) is 38.9 Å². The minimum Gasteiger partial charge on any atom is -0.393 e. The molecule has 96 valence electrons. The normalized spacial score (nSPS) is 13.1. The fraction of sp³-hybridized carbons (Fsp3) is 0.538. The molecule has 1 atom stereocenters. The molecule has 1 aromatic rings. The van der Waals surface area contributed by atoms with Crippen LogP contribution in [0.15, 0.2) is 18.2 Å². The van der Waals surface area contributed by atoms with E-state index in [9.17, 15) is 5.11 Å². The molecule has 0 fully saturated rings. The fourth-order valence-corrected chi connectivity index (χ4v) is 2.06. The van der Waals surface area contributed by atoms with Crippen molar-refractivity contribution in [3.05, 3.63) is 33.8 Å². The van der Waals surface area contributed by atoms with Crippen molar-refractivity contribution in [2.75, 3.05) is 6.61 Å². The summed E-state index contributed by atoms with van der Waals surface area (Å²) in [4.78, 5) is 0. The van der Waals surface area contributed by atoms with Gasteiger partial charge in [0.15, 0.2) is 0 Å². The van der Waals surface area contributed by atoms with Gasteiger partial charge in [0, 0.05) is 23.1 Å². The first-order valence-electron chi connectivity index (χ1n) is 5.73. The highest BCUT2D eigenvalue weighted by molar-refractivity contribution is 6.35. The van der Waals surface area contributed by atoms with Crippen LogP contribution in [0.25, 0.3) is 0 Å². The summed E-state index contributed by atoms with van der Waals surface area (Å²) in [5.41, 5.74) is 0.799. The molecular formula is C13H18Cl2O2. The largest absolute Gasteiger partial charge is 0.393 e. The van der Waals surface area contributed by atoms with Crippen LogP contribution in [0.3, 0.4) is 0 Å². The van der Waals surface area contributed by atoms with Gasteiger partial charge in [-0.1, -0.05) is 29.3 Å². The minimum absolute atomic E-state index is 0.186. The van der Waals surface area contributed by atoms with Crippen LogP contribution >= 0.6 is 23.2 Å². The zero-order valence-electron chi connectivity index (χ0n) is 10.1. The summed E-state index contributed by atoms with van der Waals surface area (Å²) in [5, 5.41) is 11.1. The van der Waals surface area contributed by atoms with Crippen molar-refractivity contribution < 1.29 is 9.84 Å². The van der Waals surface area contributed by atoms with Crippen LogP contribution in [0, 0.1) is 0 Å². The van der Waals surface area contributed by atoms with Gasteiger partial charge >= 0.3 is 0 Å². The van der Waals surface area contributed by atoms with Crippen molar-refractivity contribution >= 4 is 23.2 Å². The maximum absolute atomic E-state index is 9.87. The van der Waals surface area contributed by atoms with E-state index in [0.717, 1.165) is 5.56 Å². The van der Waals surface area contributed by atoms with Gasteiger partial charge in [-0.05, 0) is 38.0 Å². The van der Waals surface area contributed by atoms with Crippen LogP contribution in [-0.4, -0.2) is 23.9 Å². The van der Waals surface area contributed by atoms with E-state index in [1.165, 1.54) is 0 Å². The first kappa shape index (κ1) is 14.8. The Bertz CT molecular complexity index is 333. The van der Waals surface area contributed by atoms with E-state index >= 15 is 0 Å². The number of benzene rings is 1. The second-order valence-corrected chi connectivity index (χ2v) is 5.08. The molecule has 1 N–H and O–H groups in total. The molecule has 0 saturated carbocycles. The van der Waals surface area contributed by atoms with Crippen molar-refractivity contribution in [3.63, 3.8) is 0 Å². The van der Waals surface area contributed by atoms with Crippen molar-refractivity contribution in [1.82, 2.24) is 0 Å². The second-order valence-electron chi connectivity index (χ2n) is 4.27. The average molecular weight is 277 g/mol. The zero-order chi connectivity index (χ0) is 12.8. The van der Waals surface area contributed by atoms with E-state index < -0.39 is 6.10 Å². The number of hydrogen-bond donors (Lipinski definition) is 1. The maximum atomic E-state index is 9.87. The molecule has 0 radical (unpaired) electrons. The topological polar surface area (TPSA) is 29.5 Å². The smallest absolute Gasteiger partial charge is 0.0603 e. The Morgan fingerprint density at radius 1 is 1.24 bits per heavy atom. The third kappa shape index (κ3) is 5.26. The summed E-state index contributed by atoms with van der Waals surface area (Å²) in [7, 11) is 0. The first-order chi connectivity index (χ1) is 8.00. The molecule has 0 aromatic heterocycles. The molecule has 1 rings (SSSR count). The van der Waals surface area contributed by atoms with Crippen LogP contribution in [-0.2, 0) is 11.2 Å². The van der Waals surface area contributed by atoms with Crippen LogP contribution in [0.1, 0.15) is 25.8 Å². The minimum atomic E-state index is -0.480. The van der Waals surface area contributed by atoms with E-state index in [-0.39, 0.29) is 6.10 Å². The van der Waals surface area contributed by atoms with Crippen LogP contribution < -0.4 is 0 Å². The number of aliphatic hydroxyl groups excluding tert-OH is 1. The van der Waals surface area contributed by atoms with Gasteiger partial charge in [0.2, 0.25) is 0 Å². The number of hydrogen-bond acceptors (Lipinski definition) is 2. The van der Waals surface area contributed by atoms with Crippen LogP contribution in [0.4, 0.5) is 0 Å². The Morgan fingerprint density at radius 2 is 1.82 bits per heavy atom. The Kier molecular flexibility index (Phi) is 6.28. The first-order valence-corrected chi connectivity index (χ1v) is 6.49. The quantitative estimate of drug-likeness (QED) is 0.858. The van der Waals surface area contributed by atoms with Gasteiger partial charge in [0.1, 0.15) is 0 Å². The maximum Gasteiger partial charge on any atom is 0.0603 e. The van der Waals surface area contributed by atoms with Crippen molar-refractivity contribution in [2.24, 2.45) is 0 Å². The summed E-state index contributed by atoms with van der Waals surface area (Å²) in [6.45, 7) is 4.48. The van der Waals surface area contributed by atoms with Gasteiger partial charge in [-0.2, -0.15) is 0 Å². The molecule has 1 aromatic carbocycles. The van der Waals surface area contributed by atoms with Gasteiger partial charge in [0.05, 0.1) is 12.2 Å². The molecule has 0 spiro atoms. The molecule has 0 saturated heterocycles. The molecule has 1 unspecified atom stereocenters. The van der Waals surface area contributed by atoms with E-state index in [1.54, 1.807) is 18.2 Å². The third-order valence-corrected chi connectivity index (χ3v) is 3.11. The number of halogens is 2. The van der Waals surface area contributed by atoms with E-state index in [1.807, 2.05) is 13.8 Å². The Morgan fingerprint density at radius 3 is 2.35 bits per heavy atom. The molecule has 0 heterocycles. The van der Waals surface area contributed by atoms with Gasteiger partial charge in [-0.25, -0.2) is 0 Å². The molecule has 4 heteroatoms. The van der Waals surface area contributed by atoms with Gasteiger partial charge in [-0.3, -0.25) is 0 Å². The molecule has 0 bridgehead atoms. The predicted octanol–water partition coefficient (Wildman–Crippen LogP) is 3.71. The molecular weight excluding hydrogens is 259 g/mol. The molecule has 2 nitrogen and oxygen atoms in total. The summed E-state index contributed by atoms with van der Waals surface area (Å²) in [6, 6.07) is 5.35. The Hall–Kier alpha value is -0.280. The average Bonchev–Trinajstić information content (AvgIpc) is 2.23. The number of ether oxygens (including phenoxy) is 1. The highest BCUT2D eigenvalue weighted by atomic mass is 35.5. The van der Waals surface area contributed by atoms with Gasteiger partial charge in [-0.15, -0.1) is 0 Å². The monoisotopic (exact) mass is 276 g/mol.